The average Bonchev–Trinajstić information content (AvgIpc) is 3.20. The molecule has 152 valence electrons. The van der Waals surface area contributed by atoms with Crippen molar-refractivity contribution in [3.63, 3.8) is 0 Å². The van der Waals surface area contributed by atoms with Crippen LogP contribution in [0.2, 0.25) is 0 Å². The summed E-state index contributed by atoms with van der Waals surface area (Å²) < 4.78 is 6.05. The molecule has 5 rings (SSSR count). The summed E-state index contributed by atoms with van der Waals surface area (Å²) in [6.07, 6.45) is 7.20. The molecule has 0 saturated carbocycles. The highest BCUT2D eigenvalue weighted by Gasteiger charge is 2.22. The molecule has 1 saturated heterocycles. The molecule has 1 aliphatic heterocycles. The first-order chi connectivity index (χ1) is 14.7. The number of nitriles is 1. The van der Waals surface area contributed by atoms with Gasteiger partial charge in [0.15, 0.2) is 0 Å². The van der Waals surface area contributed by atoms with Crippen molar-refractivity contribution in [2.75, 3.05) is 20.2 Å². The van der Waals surface area contributed by atoms with Crippen LogP contribution in [0.3, 0.4) is 0 Å². The molecule has 0 amide bonds. The van der Waals surface area contributed by atoms with E-state index in [1.807, 2.05) is 6.07 Å². The van der Waals surface area contributed by atoms with Crippen LogP contribution in [-0.4, -0.2) is 36.1 Å². The van der Waals surface area contributed by atoms with Crippen LogP contribution in [0.4, 0.5) is 0 Å². The molecular weight excluding hydrogens is 370 g/mol. The van der Waals surface area contributed by atoms with Gasteiger partial charge in [-0.05, 0) is 86.5 Å². The summed E-state index contributed by atoms with van der Waals surface area (Å²) in [5.41, 5.74) is 6.87. The van der Waals surface area contributed by atoms with Gasteiger partial charge < -0.3 is 9.64 Å². The minimum absolute atomic E-state index is 0.399. The Morgan fingerprint density at radius 1 is 1.13 bits per heavy atom. The van der Waals surface area contributed by atoms with Crippen LogP contribution in [0.25, 0.3) is 22.0 Å². The number of likely N-dealkylation sites (N-methyl/N-ethyl adjacent to an activating group) is 1. The number of benzene rings is 2. The molecule has 0 unspecified atom stereocenters. The van der Waals surface area contributed by atoms with E-state index >= 15 is 0 Å². The maximum Gasteiger partial charge on any atom is 0.232 e. The second kappa shape index (κ2) is 8.08. The Morgan fingerprint density at radius 2 is 2.03 bits per heavy atom. The van der Waals surface area contributed by atoms with Crippen LogP contribution in [0.1, 0.15) is 42.4 Å². The first kappa shape index (κ1) is 19.1. The zero-order valence-electron chi connectivity index (χ0n) is 17.5. The molecule has 4 heteroatoms. The summed E-state index contributed by atoms with van der Waals surface area (Å²) in [6.45, 7) is 1.69. The van der Waals surface area contributed by atoms with Gasteiger partial charge in [0.1, 0.15) is 18.2 Å². The van der Waals surface area contributed by atoms with Crippen molar-refractivity contribution in [2.45, 2.75) is 44.6 Å². The number of likely N-dealkylation sites (tertiary alicyclic amines) is 1. The van der Waals surface area contributed by atoms with E-state index in [-0.39, 0.29) is 0 Å². The molecule has 2 heterocycles. The van der Waals surface area contributed by atoms with Crippen LogP contribution in [-0.2, 0) is 12.8 Å². The number of hydrogen-bond donors (Lipinski definition) is 0. The van der Waals surface area contributed by atoms with Gasteiger partial charge in [-0.1, -0.05) is 30.3 Å². The molecule has 1 atom stereocenters. The van der Waals surface area contributed by atoms with Crippen LogP contribution in [0, 0.1) is 11.3 Å². The number of fused-ring (bicyclic) bond motifs is 2. The van der Waals surface area contributed by atoms with Gasteiger partial charge in [-0.3, -0.25) is 0 Å². The van der Waals surface area contributed by atoms with Gasteiger partial charge in [0.05, 0.1) is 5.52 Å². The van der Waals surface area contributed by atoms with E-state index in [0.29, 0.717) is 24.1 Å². The Morgan fingerprint density at radius 3 is 2.87 bits per heavy atom. The van der Waals surface area contributed by atoms with Crippen molar-refractivity contribution in [1.29, 1.82) is 5.26 Å². The highest BCUT2D eigenvalue weighted by molar-refractivity contribution is 5.86. The van der Waals surface area contributed by atoms with E-state index < -0.39 is 0 Å². The average molecular weight is 398 g/mol. The van der Waals surface area contributed by atoms with Gasteiger partial charge in [-0.25, -0.2) is 4.98 Å². The number of aromatic nitrogens is 1. The Balaban J connectivity index is 1.50. The lowest BCUT2D eigenvalue weighted by atomic mass is 9.86. The molecular formula is C26H27N3O. The molecule has 0 radical (unpaired) electrons. The zero-order valence-corrected chi connectivity index (χ0v) is 17.5. The molecule has 0 spiro atoms. The fraction of sp³-hybridized carbons (Fsp3) is 0.385. The number of aryl methyl sites for hydroxylation is 1. The van der Waals surface area contributed by atoms with Gasteiger partial charge in [-0.2, -0.15) is 5.26 Å². The molecule has 30 heavy (non-hydrogen) atoms. The Labute approximate surface area is 178 Å². The summed E-state index contributed by atoms with van der Waals surface area (Å²) in [6, 6.07) is 17.6. The van der Waals surface area contributed by atoms with Crippen LogP contribution >= 0.6 is 0 Å². The van der Waals surface area contributed by atoms with Crippen molar-refractivity contribution in [1.82, 2.24) is 9.88 Å². The molecule has 2 aliphatic rings. The largest absolute Gasteiger partial charge is 0.475 e. The van der Waals surface area contributed by atoms with Crippen molar-refractivity contribution < 1.29 is 4.74 Å². The Kier molecular flexibility index (Phi) is 5.14. The summed E-state index contributed by atoms with van der Waals surface area (Å²) in [5, 5.41) is 10.6. The minimum Gasteiger partial charge on any atom is -0.475 e. The lowest BCUT2D eigenvalue weighted by molar-refractivity contribution is 0.193. The number of hydrogen-bond acceptors (Lipinski definition) is 4. The monoisotopic (exact) mass is 397 g/mol. The highest BCUT2D eigenvalue weighted by Crippen LogP contribution is 2.33. The van der Waals surface area contributed by atoms with Gasteiger partial charge in [0.2, 0.25) is 5.88 Å². The molecule has 0 bridgehead atoms. The maximum absolute atomic E-state index is 9.61. The normalized spacial score (nSPS) is 18.9. The van der Waals surface area contributed by atoms with Gasteiger partial charge >= 0.3 is 0 Å². The third-order valence-corrected chi connectivity index (χ3v) is 6.69. The minimum atomic E-state index is 0.399. The zero-order chi connectivity index (χ0) is 20.5. The van der Waals surface area contributed by atoms with E-state index in [1.165, 1.54) is 47.9 Å². The van der Waals surface area contributed by atoms with Crippen molar-refractivity contribution in [3.8, 4) is 23.1 Å². The summed E-state index contributed by atoms with van der Waals surface area (Å²) in [4.78, 5) is 7.09. The molecule has 1 fully saturated rings. The third kappa shape index (κ3) is 3.55. The SMILES string of the molecule is CN1CCC[C@H]1COc1nc2cc(-c3cccc4c3CCCC4)ccc2cc1C#N. The van der Waals surface area contributed by atoms with E-state index in [4.69, 9.17) is 9.72 Å². The fourth-order valence-corrected chi connectivity index (χ4v) is 4.92. The molecule has 1 aliphatic carbocycles. The number of ether oxygens (including phenoxy) is 1. The third-order valence-electron chi connectivity index (χ3n) is 6.69. The Bertz CT molecular complexity index is 1130. The maximum atomic E-state index is 9.61. The van der Waals surface area contributed by atoms with Crippen molar-refractivity contribution in [2.24, 2.45) is 0 Å². The van der Waals surface area contributed by atoms with Crippen molar-refractivity contribution >= 4 is 10.9 Å². The van der Waals surface area contributed by atoms with Crippen molar-refractivity contribution in [3.05, 3.63) is 59.2 Å². The van der Waals surface area contributed by atoms with Gasteiger partial charge in [-0.15, -0.1) is 0 Å². The number of nitrogens with zero attached hydrogens (tertiary/aromatic N) is 3. The quantitative estimate of drug-likeness (QED) is 0.613. The smallest absolute Gasteiger partial charge is 0.232 e. The van der Waals surface area contributed by atoms with Gasteiger partial charge in [0.25, 0.3) is 0 Å². The van der Waals surface area contributed by atoms with Crippen LogP contribution < -0.4 is 4.74 Å². The lowest BCUT2D eigenvalue weighted by Gasteiger charge is -2.20. The second-order valence-corrected chi connectivity index (χ2v) is 8.60. The Hall–Kier alpha value is -2.90. The van der Waals surface area contributed by atoms with E-state index in [1.54, 1.807) is 0 Å². The predicted molar refractivity (Wildman–Crippen MR) is 120 cm³/mol. The highest BCUT2D eigenvalue weighted by atomic mass is 16.5. The molecule has 0 N–H and O–H groups in total. The summed E-state index contributed by atoms with van der Waals surface area (Å²) in [5.74, 6) is 0.456. The lowest BCUT2D eigenvalue weighted by Crippen LogP contribution is -2.30. The first-order valence-corrected chi connectivity index (χ1v) is 11.0. The standard InChI is InChI=1S/C26H27N3O/c1-29-13-5-8-22(29)17-30-26-21(16-27)14-20-12-11-19(15-25(20)28-26)24-10-4-7-18-6-2-3-9-23(18)24/h4,7,10-12,14-15,22H,2-3,5-6,8-9,13,17H2,1H3/t22-/m0/s1. The fourth-order valence-electron chi connectivity index (χ4n) is 4.92. The first-order valence-electron chi connectivity index (χ1n) is 11.0. The molecule has 1 aromatic heterocycles. The van der Waals surface area contributed by atoms with Gasteiger partial charge in [0, 0.05) is 11.4 Å². The number of rotatable bonds is 4. The number of pyridine rings is 1. The predicted octanol–water partition coefficient (Wildman–Crippen LogP) is 5.13. The molecule has 3 aromatic rings. The van der Waals surface area contributed by atoms with Crippen LogP contribution in [0.15, 0.2) is 42.5 Å². The topological polar surface area (TPSA) is 49.1 Å². The van der Waals surface area contributed by atoms with E-state index in [2.05, 4.69) is 54.4 Å². The molecule has 2 aromatic carbocycles. The molecule has 4 nitrogen and oxygen atoms in total. The summed E-state index contributed by atoms with van der Waals surface area (Å²) in [7, 11) is 2.13. The van der Waals surface area contributed by atoms with Crippen LogP contribution in [0.5, 0.6) is 5.88 Å². The van der Waals surface area contributed by atoms with E-state index in [9.17, 15) is 5.26 Å². The van der Waals surface area contributed by atoms with E-state index in [0.717, 1.165) is 30.3 Å². The summed E-state index contributed by atoms with van der Waals surface area (Å²) >= 11 is 0. The second-order valence-electron chi connectivity index (χ2n) is 8.60.